The van der Waals surface area contributed by atoms with E-state index in [0.29, 0.717) is 10.6 Å². The third kappa shape index (κ3) is 2.69. The Balaban J connectivity index is 2.08. The molecule has 1 fully saturated rings. The Kier molecular flexibility index (Phi) is 3.72. The number of carbonyl (C=O) groups is 1. The molecule has 1 aromatic rings. The maximum atomic E-state index is 12.1. The first-order valence-corrected chi connectivity index (χ1v) is 6.17. The van der Waals surface area contributed by atoms with Gasteiger partial charge in [-0.2, -0.15) is 0 Å². The lowest BCUT2D eigenvalue weighted by Crippen LogP contribution is -2.38. The van der Waals surface area contributed by atoms with Crippen molar-refractivity contribution in [3.8, 4) is 0 Å². The first-order valence-electron chi connectivity index (χ1n) is 5.36. The molecule has 1 aromatic carbocycles. The average molecular weight is 258 g/mol. The molecule has 0 spiro atoms. The van der Waals surface area contributed by atoms with Gasteiger partial charge in [-0.15, -0.1) is 11.6 Å². The monoisotopic (exact) mass is 257 g/mol. The molecular formula is C12H13Cl2NO. The Hall–Kier alpha value is -0.730. The van der Waals surface area contributed by atoms with Crippen LogP contribution in [0, 0.1) is 0 Å². The molecule has 0 saturated carbocycles. The molecule has 0 aliphatic carbocycles. The predicted molar refractivity (Wildman–Crippen MR) is 66.2 cm³/mol. The lowest BCUT2D eigenvalue weighted by Gasteiger charge is -2.29. The van der Waals surface area contributed by atoms with Crippen molar-refractivity contribution in [3.05, 3.63) is 34.9 Å². The van der Waals surface area contributed by atoms with Crippen LogP contribution in [-0.2, 0) is 0 Å². The molecule has 4 heteroatoms. The molecule has 16 heavy (non-hydrogen) atoms. The van der Waals surface area contributed by atoms with Gasteiger partial charge in [0, 0.05) is 29.1 Å². The molecule has 2 nitrogen and oxygen atoms in total. The molecule has 1 aliphatic rings. The second-order valence-corrected chi connectivity index (χ2v) is 5.03. The van der Waals surface area contributed by atoms with Gasteiger partial charge in [0.25, 0.3) is 5.91 Å². The van der Waals surface area contributed by atoms with Gasteiger partial charge in [0.1, 0.15) is 0 Å². The van der Waals surface area contributed by atoms with Crippen molar-refractivity contribution < 1.29 is 4.79 Å². The second kappa shape index (κ2) is 5.07. The molecule has 0 atom stereocenters. The molecule has 1 amide bonds. The minimum Gasteiger partial charge on any atom is -0.339 e. The molecule has 1 heterocycles. The molecular weight excluding hydrogens is 245 g/mol. The van der Waals surface area contributed by atoms with Gasteiger partial charge in [-0.1, -0.05) is 17.7 Å². The number of piperidine rings is 1. The first-order chi connectivity index (χ1) is 7.66. The van der Waals surface area contributed by atoms with Crippen LogP contribution in [0.3, 0.4) is 0 Å². The summed E-state index contributed by atoms with van der Waals surface area (Å²) in [5.41, 5.74) is 0.653. The number of nitrogens with zero attached hydrogens (tertiary/aromatic N) is 1. The average Bonchev–Trinajstić information content (AvgIpc) is 2.29. The van der Waals surface area contributed by atoms with E-state index in [1.165, 1.54) is 0 Å². The van der Waals surface area contributed by atoms with Crippen LogP contribution in [0.5, 0.6) is 0 Å². The summed E-state index contributed by atoms with van der Waals surface area (Å²) < 4.78 is 0. The van der Waals surface area contributed by atoms with Crippen LogP contribution in [0.4, 0.5) is 0 Å². The summed E-state index contributed by atoms with van der Waals surface area (Å²) in [7, 11) is 0. The molecule has 1 saturated heterocycles. The van der Waals surface area contributed by atoms with Crippen molar-refractivity contribution in [2.24, 2.45) is 0 Å². The highest BCUT2D eigenvalue weighted by molar-refractivity contribution is 6.30. The van der Waals surface area contributed by atoms with E-state index in [9.17, 15) is 4.79 Å². The number of amides is 1. The standard InChI is InChI=1S/C12H13Cl2NO/c13-10-4-6-15(7-5-10)12(16)9-2-1-3-11(14)8-9/h1-3,8,10H,4-7H2. The summed E-state index contributed by atoms with van der Waals surface area (Å²) in [6.07, 6.45) is 1.74. The van der Waals surface area contributed by atoms with Crippen LogP contribution in [0.25, 0.3) is 0 Å². The molecule has 0 unspecified atom stereocenters. The van der Waals surface area contributed by atoms with Crippen molar-refractivity contribution in [1.29, 1.82) is 0 Å². The molecule has 2 rings (SSSR count). The Morgan fingerprint density at radius 1 is 1.31 bits per heavy atom. The van der Waals surface area contributed by atoms with Crippen molar-refractivity contribution in [3.63, 3.8) is 0 Å². The zero-order chi connectivity index (χ0) is 11.5. The van der Waals surface area contributed by atoms with Crippen LogP contribution in [-0.4, -0.2) is 29.3 Å². The van der Waals surface area contributed by atoms with E-state index in [-0.39, 0.29) is 11.3 Å². The van der Waals surface area contributed by atoms with E-state index in [1.807, 2.05) is 4.90 Å². The van der Waals surface area contributed by atoms with Gasteiger partial charge >= 0.3 is 0 Å². The molecule has 0 aromatic heterocycles. The highest BCUT2D eigenvalue weighted by atomic mass is 35.5. The summed E-state index contributed by atoms with van der Waals surface area (Å²) in [6.45, 7) is 1.47. The van der Waals surface area contributed by atoms with Gasteiger partial charge < -0.3 is 4.90 Å². The highest BCUT2D eigenvalue weighted by Crippen LogP contribution is 2.19. The van der Waals surface area contributed by atoms with Crippen LogP contribution in [0.2, 0.25) is 5.02 Å². The second-order valence-electron chi connectivity index (χ2n) is 3.98. The van der Waals surface area contributed by atoms with E-state index < -0.39 is 0 Å². The van der Waals surface area contributed by atoms with Gasteiger partial charge in [0.05, 0.1) is 0 Å². The molecule has 0 radical (unpaired) electrons. The van der Waals surface area contributed by atoms with Gasteiger partial charge in [-0.25, -0.2) is 0 Å². The summed E-state index contributed by atoms with van der Waals surface area (Å²) >= 11 is 11.9. The van der Waals surface area contributed by atoms with Crippen molar-refractivity contribution in [1.82, 2.24) is 4.90 Å². The largest absolute Gasteiger partial charge is 0.339 e. The summed E-state index contributed by atoms with van der Waals surface area (Å²) in [4.78, 5) is 13.9. The minimum absolute atomic E-state index is 0.0473. The van der Waals surface area contributed by atoms with Crippen molar-refractivity contribution >= 4 is 29.1 Å². The highest BCUT2D eigenvalue weighted by Gasteiger charge is 2.22. The van der Waals surface area contributed by atoms with Crippen molar-refractivity contribution in [2.75, 3.05) is 13.1 Å². The normalized spacial score (nSPS) is 17.5. The van der Waals surface area contributed by atoms with E-state index in [0.717, 1.165) is 25.9 Å². The SMILES string of the molecule is O=C(c1cccc(Cl)c1)N1CCC(Cl)CC1. The summed E-state index contributed by atoms with van der Waals surface area (Å²) in [5, 5.41) is 0.807. The number of carbonyl (C=O) groups excluding carboxylic acids is 1. The zero-order valence-electron chi connectivity index (χ0n) is 8.83. The quantitative estimate of drug-likeness (QED) is 0.708. The smallest absolute Gasteiger partial charge is 0.253 e. The Morgan fingerprint density at radius 3 is 2.62 bits per heavy atom. The van der Waals surface area contributed by atoms with E-state index in [4.69, 9.17) is 23.2 Å². The van der Waals surface area contributed by atoms with Crippen LogP contribution < -0.4 is 0 Å². The molecule has 86 valence electrons. The fraction of sp³-hybridized carbons (Fsp3) is 0.417. The maximum Gasteiger partial charge on any atom is 0.253 e. The fourth-order valence-corrected chi connectivity index (χ4v) is 2.24. The number of alkyl halides is 1. The number of rotatable bonds is 1. The number of hydrogen-bond acceptors (Lipinski definition) is 1. The van der Waals surface area contributed by atoms with E-state index in [2.05, 4.69) is 0 Å². The number of hydrogen-bond donors (Lipinski definition) is 0. The topological polar surface area (TPSA) is 20.3 Å². The minimum atomic E-state index is 0.0473. The lowest BCUT2D eigenvalue weighted by molar-refractivity contribution is 0.0726. The molecule has 1 aliphatic heterocycles. The zero-order valence-corrected chi connectivity index (χ0v) is 10.3. The third-order valence-electron chi connectivity index (χ3n) is 2.78. The number of benzene rings is 1. The van der Waals surface area contributed by atoms with E-state index >= 15 is 0 Å². The van der Waals surface area contributed by atoms with Crippen LogP contribution >= 0.6 is 23.2 Å². The maximum absolute atomic E-state index is 12.1. The van der Waals surface area contributed by atoms with Gasteiger partial charge in [0.15, 0.2) is 0 Å². The van der Waals surface area contributed by atoms with Gasteiger partial charge in [-0.3, -0.25) is 4.79 Å². The summed E-state index contributed by atoms with van der Waals surface area (Å²) in [6, 6.07) is 7.06. The fourth-order valence-electron chi connectivity index (χ4n) is 1.86. The van der Waals surface area contributed by atoms with Crippen LogP contribution in [0.1, 0.15) is 23.2 Å². The number of likely N-dealkylation sites (tertiary alicyclic amines) is 1. The molecule has 0 N–H and O–H groups in total. The Labute approximate surface area is 105 Å². The van der Waals surface area contributed by atoms with Gasteiger partial charge in [-0.05, 0) is 31.0 Å². The van der Waals surface area contributed by atoms with E-state index in [1.54, 1.807) is 24.3 Å². The Morgan fingerprint density at radius 2 is 2.00 bits per heavy atom. The van der Waals surface area contributed by atoms with Crippen LogP contribution in [0.15, 0.2) is 24.3 Å². The summed E-state index contributed by atoms with van der Waals surface area (Å²) in [5.74, 6) is 0.0473. The lowest BCUT2D eigenvalue weighted by atomic mass is 10.1. The molecule has 0 bridgehead atoms. The first kappa shape index (κ1) is 11.7. The number of halogens is 2. The predicted octanol–water partition coefficient (Wildman–Crippen LogP) is 3.18. The van der Waals surface area contributed by atoms with Crippen molar-refractivity contribution in [2.45, 2.75) is 18.2 Å². The third-order valence-corrected chi connectivity index (χ3v) is 3.45. The van der Waals surface area contributed by atoms with Gasteiger partial charge in [0.2, 0.25) is 0 Å². The Bertz CT molecular complexity index is 386.